The second kappa shape index (κ2) is 5.54. The van der Waals surface area contributed by atoms with E-state index in [-0.39, 0.29) is 0 Å². The van der Waals surface area contributed by atoms with Gasteiger partial charge in [-0.05, 0) is 22.3 Å². The van der Waals surface area contributed by atoms with Crippen molar-refractivity contribution in [1.82, 2.24) is 0 Å². The van der Waals surface area contributed by atoms with Gasteiger partial charge in [-0.25, -0.2) is 0 Å². The molecule has 0 N–H and O–H groups in total. The quantitative estimate of drug-likeness (QED) is 0.818. The largest absolute Gasteiger partial charge is 0.469 e. The van der Waals surface area contributed by atoms with Crippen LogP contribution in [0.2, 0.25) is 0 Å². The van der Waals surface area contributed by atoms with E-state index in [0.717, 1.165) is 22.3 Å². The van der Waals surface area contributed by atoms with Crippen LogP contribution in [0.25, 0.3) is 11.1 Å². The van der Waals surface area contributed by atoms with Crippen LogP contribution in [-0.4, -0.2) is 26.2 Å². The van der Waals surface area contributed by atoms with Crippen molar-refractivity contribution in [2.24, 2.45) is 5.92 Å². The van der Waals surface area contributed by atoms with E-state index in [9.17, 15) is 9.59 Å². The molecule has 23 heavy (non-hydrogen) atoms. The summed E-state index contributed by atoms with van der Waals surface area (Å²) in [7, 11) is 2.67. The van der Waals surface area contributed by atoms with Crippen LogP contribution in [0.1, 0.15) is 18.1 Å². The third kappa shape index (κ3) is 1.91. The van der Waals surface area contributed by atoms with Gasteiger partial charge in [0.15, 0.2) is 0 Å². The SMILES string of the molecule is COC(=O)C(C)C1(C(=O)OC)c2ccccc2-c2ccccc21. The average Bonchev–Trinajstić information content (AvgIpc) is 2.91. The zero-order valence-electron chi connectivity index (χ0n) is 13.3. The topological polar surface area (TPSA) is 52.6 Å². The van der Waals surface area contributed by atoms with Crippen molar-refractivity contribution in [3.63, 3.8) is 0 Å². The molecule has 0 saturated heterocycles. The Bertz CT molecular complexity index is 733. The van der Waals surface area contributed by atoms with Crippen molar-refractivity contribution in [2.45, 2.75) is 12.3 Å². The lowest BCUT2D eigenvalue weighted by Crippen LogP contribution is -2.46. The number of hydrogen-bond acceptors (Lipinski definition) is 4. The number of rotatable bonds is 3. The van der Waals surface area contributed by atoms with E-state index in [2.05, 4.69) is 0 Å². The molecule has 3 rings (SSSR count). The Morgan fingerprint density at radius 1 is 0.870 bits per heavy atom. The maximum atomic E-state index is 12.9. The lowest BCUT2D eigenvalue weighted by atomic mass is 9.69. The van der Waals surface area contributed by atoms with Crippen LogP contribution < -0.4 is 0 Å². The van der Waals surface area contributed by atoms with Gasteiger partial charge >= 0.3 is 11.9 Å². The molecule has 0 spiro atoms. The molecule has 4 nitrogen and oxygen atoms in total. The second-order valence-corrected chi connectivity index (χ2v) is 5.64. The highest BCUT2D eigenvalue weighted by atomic mass is 16.5. The van der Waals surface area contributed by atoms with Gasteiger partial charge in [-0.2, -0.15) is 0 Å². The summed E-state index contributed by atoms with van der Waals surface area (Å²) in [5.41, 5.74) is 2.28. The summed E-state index contributed by atoms with van der Waals surface area (Å²) in [6.45, 7) is 1.71. The Balaban J connectivity index is 2.39. The molecule has 118 valence electrons. The van der Waals surface area contributed by atoms with Crippen molar-refractivity contribution in [3.05, 3.63) is 59.7 Å². The van der Waals surface area contributed by atoms with Crippen LogP contribution in [0.5, 0.6) is 0 Å². The van der Waals surface area contributed by atoms with Gasteiger partial charge in [-0.3, -0.25) is 9.59 Å². The van der Waals surface area contributed by atoms with Gasteiger partial charge < -0.3 is 9.47 Å². The van der Waals surface area contributed by atoms with Crippen molar-refractivity contribution in [3.8, 4) is 11.1 Å². The molecule has 1 atom stereocenters. The van der Waals surface area contributed by atoms with Gasteiger partial charge in [0.25, 0.3) is 0 Å². The van der Waals surface area contributed by atoms with Gasteiger partial charge in [0.05, 0.1) is 20.1 Å². The Labute approximate surface area is 135 Å². The van der Waals surface area contributed by atoms with E-state index in [1.54, 1.807) is 6.92 Å². The van der Waals surface area contributed by atoms with Crippen LogP contribution in [0.3, 0.4) is 0 Å². The number of ether oxygens (including phenoxy) is 2. The number of carbonyl (C=O) groups is 2. The normalized spacial score (nSPS) is 15.3. The molecular weight excluding hydrogens is 292 g/mol. The Hall–Kier alpha value is -2.62. The molecule has 0 aromatic heterocycles. The van der Waals surface area contributed by atoms with E-state index in [1.807, 2.05) is 48.5 Å². The Kier molecular flexibility index (Phi) is 3.68. The predicted octanol–water partition coefficient (Wildman–Crippen LogP) is 2.94. The Morgan fingerprint density at radius 3 is 1.78 bits per heavy atom. The summed E-state index contributed by atoms with van der Waals surface area (Å²) < 4.78 is 10.0. The van der Waals surface area contributed by atoms with Crippen LogP contribution in [0, 0.1) is 5.92 Å². The molecule has 0 amide bonds. The molecule has 0 bridgehead atoms. The number of fused-ring (bicyclic) bond motifs is 3. The molecule has 1 aliphatic carbocycles. The molecule has 2 aromatic carbocycles. The molecule has 0 fully saturated rings. The number of esters is 2. The average molecular weight is 310 g/mol. The summed E-state index contributed by atoms with van der Waals surface area (Å²) in [4.78, 5) is 25.2. The predicted molar refractivity (Wildman–Crippen MR) is 85.9 cm³/mol. The van der Waals surface area contributed by atoms with E-state index in [0.29, 0.717) is 0 Å². The van der Waals surface area contributed by atoms with E-state index < -0.39 is 23.3 Å². The molecule has 4 heteroatoms. The van der Waals surface area contributed by atoms with Gasteiger partial charge in [-0.15, -0.1) is 0 Å². The third-order valence-corrected chi connectivity index (χ3v) is 4.71. The molecule has 0 radical (unpaired) electrons. The fraction of sp³-hybridized carbons (Fsp3) is 0.263. The van der Waals surface area contributed by atoms with Crippen LogP contribution >= 0.6 is 0 Å². The highest BCUT2D eigenvalue weighted by molar-refractivity contribution is 6.01. The summed E-state index contributed by atoms with van der Waals surface area (Å²) in [6.07, 6.45) is 0. The fourth-order valence-corrected chi connectivity index (χ4v) is 3.65. The first kappa shape index (κ1) is 15.3. The molecule has 0 saturated carbocycles. The van der Waals surface area contributed by atoms with Crippen molar-refractivity contribution >= 4 is 11.9 Å². The van der Waals surface area contributed by atoms with Crippen LogP contribution in [0.4, 0.5) is 0 Å². The van der Waals surface area contributed by atoms with Crippen LogP contribution in [0.15, 0.2) is 48.5 Å². The first-order valence-corrected chi connectivity index (χ1v) is 7.44. The lowest BCUT2D eigenvalue weighted by Gasteiger charge is -2.33. The molecule has 2 aromatic rings. The van der Waals surface area contributed by atoms with Gasteiger partial charge in [0.1, 0.15) is 5.41 Å². The molecule has 0 aliphatic heterocycles. The number of methoxy groups -OCH3 is 2. The number of benzene rings is 2. The van der Waals surface area contributed by atoms with Crippen molar-refractivity contribution in [2.75, 3.05) is 14.2 Å². The Morgan fingerprint density at radius 2 is 1.35 bits per heavy atom. The monoisotopic (exact) mass is 310 g/mol. The van der Waals surface area contributed by atoms with E-state index in [4.69, 9.17) is 9.47 Å². The van der Waals surface area contributed by atoms with Gasteiger partial charge in [0, 0.05) is 0 Å². The molecular formula is C19H18O4. The summed E-state index contributed by atoms with van der Waals surface area (Å²) in [5.74, 6) is -1.60. The number of carbonyl (C=O) groups excluding carboxylic acids is 2. The zero-order chi connectivity index (χ0) is 16.6. The highest BCUT2D eigenvalue weighted by Gasteiger charge is 2.56. The van der Waals surface area contributed by atoms with Gasteiger partial charge in [0.2, 0.25) is 0 Å². The number of hydrogen-bond donors (Lipinski definition) is 0. The lowest BCUT2D eigenvalue weighted by molar-refractivity contribution is -0.157. The molecule has 0 heterocycles. The van der Waals surface area contributed by atoms with Crippen molar-refractivity contribution in [1.29, 1.82) is 0 Å². The maximum Gasteiger partial charge on any atom is 0.321 e. The minimum atomic E-state index is -1.19. The fourth-order valence-electron chi connectivity index (χ4n) is 3.65. The standard InChI is InChI=1S/C19H18O4/c1-12(17(20)22-2)19(18(21)23-3)15-10-6-4-8-13(15)14-9-5-7-11-16(14)19/h4-12H,1-3H3. The molecule has 1 aliphatic rings. The van der Waals surface area contributed by atoms with Crippen LogP contribution in [-0.2, 0) is 24.5 Å². The summed E-state index contributed by atoms with van der Waals surface area (Å²) >= 11 is 0. The molecule has 1 unspecified atom stereocenters. The van der Waals surface area contributed by atoms with Gasteiger partial charge in [-0.1, -0.05) is 55.5 Å². The summed E-state index contributed by atoms with van der Waals surface area (Å²) in [5, 5.41) is 0. The highest BCUT2D eigenvalue weighted by Crippen LogP contribution is 2.53. The maximum absolute atomic E-state index is 12.9. The first-order chi connectivity index (χ1) is 11.1. The third-order valence-electron chi connectivity index (χ3n) is 4.71. The second-order valence-electron chi connectivity index (χ2n) is 5.64. The first-order valence-electron chi connectivity index (χ1n) is 7.44. The minimum Gasteiger partial charge on any atom is -0.469 e. The smallest absolute Gasteiger partial charge is 0.321 e. The van der Waals surface area contributed by atoms with E-state index >= 15 is 0 Å². The van der Waals surface area contributed by atoms with Crippen molar-refractivity contribution < 1.29 is 19.1 Å². The zero-order valence-corrected chi connectivity index (χ0v) is 13.3. The van der Waals surface area contributed by atoms with E-state index in [1.165, 1.54) is 14.2 Å². The summed E-state index contributed by atoms with van der Waals surface area (Å²) in [6, 6.07) is 15.3. The minimum absolute atomic E-state index is 0.443.